The predicted molar refractivity (Wildman–Crippen MR) is 115 cm³/mol. The molecule has 8 nitrogen and oxygen atoms in total. The lowest BCUT2D eigenvalue weighted by Gasteiger charge is -2.11. The molecule has 2 aromatic carbocycles. The van der Waals surface area contributed by atoms with Gasteiger partial charge in [-0.1, -0.05) is 58.4 Å². The van der Waals surface area contributed by atoms with Crippen LogP contribution < -0.4 is 0 Å². The molecule has 0 radical (unpaired) electrons. The molecule has 0 aliphatic carbocycles. The van der Waals surface area contributed by atoms with Crippen LogP contribution in [-0.4, -0.2) is 46.6 Å². The van der Waals surface area contributed by atoms with Gasteiger partial charge in [-0.25, -0.2) is 4.68 Å². The summed E-state index contributed by atoms with van der Waals surface area (Å²) in [6, 6.07) is 14.6. The molecule has 0 aliphatic heterocycles. The van der Waals surface area contributed by atoms with E-state index in [1.165, 1.54) is 0 Å². The summed E-state index contributed by atoms with van der Waals surface area (Å²) in [7, 11) is 0. The normalized spacial score (nSPS) is 11.0. The Labute approximate surface area is 185 Å². The van der Waals surface area contributed by atoms with Crippen molar-refractivity contribution in [3.05, 3.63) is 64.3 Å². The molecule has 152 valence electrons. The Kier molecular flexibility index (Phi) is 5.76. The first-order chi connectivity index (χ1) is 14.5. The zero-order chi connectivity index (χ0) is 21.3. The highest BCUT2D eigenvalue weighted by molar-refractivity contribution is 7.99. The van der Waals surface area contributed by atoms with Gasteiger partial charge in [-0.15, -0.1) is 15.3 Å². The van der Waals surface area contributed by atoms with Crippen LogP contribution >= 0.6 is 35.0 Å². The number of hydrogen-bond acceptors (Lipinski definition) is 6. The van der Waals surface area contributed by atoms with Crippen molar-refractivity contribution in [3.8, 4) is 22.9 Å². The number of rotatable bonds is 6. The number of carbonyl (C=O) groups is 1. The SMILES string of the molecule is Cc1c(-c2nnc(SCC(=O)O)n2-c2ccc(Cl)cc2Cl)nnn1-c1ccccc1. The van der Waals surface area contributed by atoms with Crippen molar-refractivity contribution in [3.63, 3.8) is 0 Å². The molecule has 0 saturated carbocycles. The largest absolute Gasteiger partial charge is 0.481 e. The molecular formula is C19H14Cl2N6O2S. The summed E-state index contributed by atoms with van der Waals surface area (Å²) < 4.78 is 3.36. The quantitative estimate of drug-likeness (QED) is 0.428. The molecule has 0 atom stereocenters. The van der Waals surface area contributed by atoms with Crippen molar-refractivity contribution in [2.24, 2.45) is 0 Å². The molecular weight excluding hydrogens is 447 g/mol. The van der Waals surface area contributed by atoms with Gasteiger partial charge >= 0.3 is 5.97 Å². The minimum absolute atomic E-state index is 0.182. The van der Waals surface area contributed by atoms with Crippen LogP contribution in [0.4, 0.5) is 0 Å². The number of thioether (sulfide) groups is 1. The van der Waals surface area contributed by atoms with Gasteiger partial charge in [-0.05, 0) is 37.3 Å². The van der Waals surface area contributed by atoms with Gasteiger partial charge in [0.15, 0.2) is 16.7 Å². The highest BCUT2D eigenvalue weighted by atomic mass is 35.5. The molecule has 1 N–H and O–H groups in total. The van der Waals surface area contributed by atoms with E-state index in [1.54, 1.807) is 27.4 Å². The fraction of sp³-hybridized carbons (Fsp3) is 0.105. The van der Waals surface area contributed by atoms with E-state index in [0.29, 0.717) is 32.4 Å². The Hall–Kier alpha value is -2.88. The van der Waals surface area contributed by atoms with Crippen molar-refractivity contribution < 1.29 is 9.90 Å². The van der Waals surface area contributed by atoms with Crippen molar-refractivity contribution in [2.45, 2.75) is 12.1 Å². The third kappa shape index (κ3) is 3.91. The minimum atomic E-state index is -0.968. The summed E-state index contributed by atoms with van der Waals surface area (Å²) in [4.78, 5) is 11.1. The molecule has 2 heterocycles. The van der Waals surface area contributed by atoms with Gasteiger partial charge in [-0.3, -0.25) is 9.36 Å². The number of aromatic nitrogens is 6. The molecule has 2 aromatic heterocycles. The standard InChI is InChI=1S/C19H14Cl2N6O2S/c1-11-17(22-25-27(11)13-5-3-2-4-6-13)18-23-24-19(30-10-16(28)29)26(18)15-8-7-12(20)9-14(15)21/h2-9H,10H2,1H3,(H,28,29). The van der Waals surface area contributed by atoms with Crippen LogP contribution in [0.1, 0.15) is 5.69 Å². The van der Waals surface area contributed by atoms with Crippen LogP contribution in [0.5, 0.6) is 0 Å². The number of hydrogen-bond donors (Lipinski definition) is 1. The van der Waals surface area contributed by atoms with Crippen LogP contribution in [0.2, 0.25) is 10.0 Å². The van der Waals surface area contributed by atoms with Gasteiger partial charge in [-0.2, -0.15) is 0 Å². The summed E-state index contributed by atoms with van der Waals surface area (Å²) in [6.45, 7) is 1.87. The maximum absolute atomic E-state index is 11.1. The van der Waals surface area contributed by atoms with Gasteiger partial charge in [0.2, 0.25) is 0 Å². The molecule has 4 aromatic rings. The maximum atomic E-state index is 11.1. The molecule has 4 rings (SSSR count). The molecule has 0 aliphatic rings. The number of nitrogens with zero attached hydrogens (tertiary/aromatic N) is 6. The topological polar surface area (TPSA) is 98.7 Å². The molecule has 0 bridgehead atoms. The second kappa shape index (κ2) is 8.47. The van der Waals surface area contributed by atoms with Gasteiger partial charge in [0, 0.05) is 5.02 Å². The number of para-hydroxylation sites is 1. The van der Waals surface area contributed by atoms with Crippen LogP contribution in [0.25, 0.3) is 22.9 Å². The van der Waals surface area contributed by atoms with Crippen LogP contribution in [0, 0.1) is 6.92 Å². The summed E-state index contributed by atoms with van der Waals surface area (Å²) in [5.74, 6) is -0.754. The summed E-state index contributed by atoms with van der Waals surface area (Å²) in [5, 5.41) is 27.3. The molecule has 0 unspecified atom stereocenters. The van der Waals surface area contributed by atoms with Crippen molar-refractivity contribution in [1.82, 2.24) is 29.8 Å². The summed E-state index contributed by atoms with van der Waals surface area (Å²) in [6.07, 6.45) is 0. The maximum Gasteiger partial charge on any atom is 0.313 e. The van der Waals surface area contributed by atoms with Crippen molar-refractivity contribution in [2.75, 3.05) is 5.75 Å². The van der Waals surface area contributed by atoms with E-state index in [-0.39, 0.29) is 5.75 Å². The number of carboxylic acid groups (broad SMARTS) is 1. The highest BCUT2D eigenvalue weighted by Gasteiger charge is 2.23. The number of carboxylic acids is 1. The zero-order valence-corrected chi connectivity index (χ0v) is 17.9. The number of benzene rings is 2. The second-order valence-corrected chi connectivity index (χ2v) is 7.98. The first-order valence-electron chi connectivity index (χ1n) is 8.69. The third-order valence-electron chi connectivity index (χ3n) is 4.22. The van der Waals surface area contributed by atoms with E-state index in [1.807, 2.05) is 37.3 Å². The smallest absolute Gasteiger partial charge is 0.313 e. The van der Waals surface area contributed by atoms with Crippen molar-refractivity contribution in [1.29, 1.82) is 0 Å². The average molecular weight is 461 g/mol. The lowest BCUT2D eigenvalue weighted by molar-refractivity contribution is -0.133. The first-order valence-corrected chi connectivity index (χ1v) is 10.4. The Morgan fingerprint density at radius 2 is 1.87 bits per heavy atom. The van der Waals surface area contributed by atoms with E-state index in [9.17, 15) is 4.79 Å². The van der Waals surface area contributed by atoms with E-state index >= 15 is 0 Å². The second-order valence-electron chi connectivity index (χ2n) is 6.19. The molecule has 0 fully saturated rings. The van der Waals surface area contributed by atoms with Crippen molar-refractivity contribution >= 4 is 40.9 Å². The molecule has 0 saturated heterocycles. The van der Waals surface area contributed by atoms with E-state index < -0.39 is 5.97 Å². The number of halogens is 2. The lowest BCUT2D eigenvalue weighted by Crippen LogP contribution is -2.04. The minimum Gasteiger partial charge on any atom is -0.481 e. The van der Waals surface area contributed by atoms with E-state index in [4.69, 9.17) is 28.3 Å². The monoisotopic (exact) mass is 460 g/mol. The lowest BCUT2D eigenvalue weighted by atomic mass is 10.2. The zero-order valence-electron chi connectivity index (χ0n) is 15.5. The molecule has 11 heteroatoms. The fourth-order valence-corrected chi connectivity index (χ4v) is 4.03. The van der Waals surface area contributed by atoms with E-state index in [0.717, 1.165) is 23.1 Å². The first kappa shape index (κ1) is 20.4. The predicted octanol–water partition coefficient (Wildman–Crippen LogP) is 4.31. The Morgan fingerprint density at radius 3 is 2.57 bits per heavy atom. The Morgan fingerprint density at radius 1 is 1.10 bits per heavy atom. The van der Waals surface area contributed by atoms with Crippen LogP contribution in [0.3, 0.4) is 0 Å². The fourth-order valence-electron chi connectivity index (χ4n) is 2.87. The number of aliphatic carboxylic acids is 1. The van der Waals surface area contributed by atoms with Gasteiger partial charge in [0.05, 0.1) is 27.8 Å². The summed E-state index contributed by atoms with van der Waals surface area (Å²) in [5.41, 5.74) is 2.65. The highest BCUT2D eigenvalue weighted by Crippen LogP contribution is 2.33. The Bertz CT molecular complexity index is 1230. The van der Waals surface area contributed by atoms with E-state index in [2.05, 4.69) is 20.5 Å². The molecule has 0 spiro atoms. The van der Waals surface area contributed by atoms with Gasteiger partial charge < -0.3 is 5.11 Å². The van der Waals surface area contributed by atoms with Gasteiger partial charge in [0.25, 0.3) is 0 Å². The Balaban J connectivity index is 1.87. The van der Waals surface area contributed by atoms with Crippen LogP contribution in [0.15, 0.2) is 53.7 Å². The summed E-state index contributed by atoms with van der Waals surface area (Å²) >= 11 is 13.5. The average Bonchev–Trinajstić information content (AvgIpc) is 3.30. The van der Waals surface area contributed by atoms with Crippen LogP contribution in [-0.2, 0) is 4.79 Å². The molecule has 30 heavy (non-hydrogen) atoms. The third-order valence-corrected chi connectivity index (χ3v) is 5.67. The molecule has 0 amide bonds. The van der Waals surface area contributed by atoms with Gasteiger partial charge in [0.1, 0.15) is 0 Å².